The van der Waals surface area contributed by atoms with Crippen molar-refractivity contribution in [3.63, 3.8) is 0 Å². The molecule has 0 aliphatic rings. The summed E-state index contributed by atoms with van der Waals surface area (Å²) in [5.41, 5.74) is 1.04. The maximum Gasteiger partial charge on any atom is 0.224 e. The van der Waals surface area contributed by atoms with E-state index < -0.39 is 0 Å². The molecule has 0 aromatic carbocycles. The Balaban J connectivity index is 2.02. The van der Waals surface area contributed by atoms with Crippen LogP contribution in [0.15, 0.2) is 29.0 Å². The van der Waals surface area contributed by atoms with E-state index in [9.17, 15) is 0 Å². The van der Waals surface area contributed by atoms with E-state index in [1.165, 1.54) is 0 Å². The van der Waals surface area contributed by atoms with Crippen LogP contribution in [0, 0.1) is 6.92 Å². The highest BCUT2D eigenvalue weighted by Gasteiger charge is 2.09. The van der Waals surface area contributed by atoms with Gasteiger partial charge < -0.3 is 15.1 Å². The Kier molecular flexibility index (Phi) is 4.39. The second kappa shape index (κ2) is 6.22. The first-order valence-corrected chi connectivity index (χ1v) is 6.55. The zero-order valence-electron chi connectivity index (χ0n) is 11.6. The number of rotatable bonds is 6. The molecule has 0 bridgehead atoms. The Morgan fingerprint density at radius 1 is 1.42 bits per heavy atom. The Bertz CT molecular complexity index is 510. The van der Waals surface area contributed by atoms with Gasteiger partial charge >= 0.3 is 0 Å². The maximum absolute atomic E-state index is 5.35. The van der Waals surface area contributed by atoms with Gasteiger partial charge in [0.15, 0.2) is 0 Å². The van der Waals surface area contributed by atoms with Gasteiger partial charge in [0, 0.05) is 30.8 Å². The molecule has 5 heteroatoms. The molecule has 0 aliphatic heterocycles. The molecule has 102 valence electrons. The third-order valence-electron chi connectivity index (χ3n) is 2.78. The fraction of sp³-hybridized carbons (Fsp3) is 0.429. The van der Waals surface area contributed by atoms with Crippen LogP contribution in [-0.4, -0.2) is 22.6 Å². The topological polar surface area (TPSA) is 63.0 Å². The molecule has 0 radical (unpaired) electrons. The fourth-order valence-corrected chi connectivity index (χ4v) is 1.85. The number of hydrogen-bond acceptors (Lipinski definition) is 5. The first-order valence-electron chi connectivity index (χ1n) is 6.55. The molecule has 2 aromatic rings. The van der Waals surface area contributed by atoms with Crippen LogP contribution >= 0.6 is 0 Å². The highest BCUT2D eigenvalue weighted by Crippen LogP contribution is 2.15. The van der Waals surface area contributed by atoms with Crippen LogP contribution in [0.5, 0.6) is 0 Å². The molecule has 2 heterocycles. The lowest BCUT2D eigenvalue weighted by molar-refractivity contribution is 0.497. The molecule has 0 spiro atoms. The molecular weight excluding hydrogens is 240 g/mol. The molecule has 2 N–H and O–H groups in total. The van der Waals surface area contributed by atoms with E-state index in [2.05, 4.69) is 27.5 Å². The number of aromatic nitrogens is 2. The molecule has 19 heavy (non-hydrogen) atoms. The smallest absolute Gasteiger partial charge is 0.224 e. The predicted molar refractivity (Wildman–Crippen MR) is 76.4 cm³/mol. The van der Waals surface area contributed by atoms with Gasteiger partial charge in [-0.25, -0.2) is 4.98 Å². The first kappa shape index (κ1) is 13.4. The molecule has 2 aromatic heterocycles. The Morgan fingerprint density at radius 2 is 2.26 bits per heavy atom. The van der Waals surface area contributed by atoms with Crippen molar-refractivity contribution in [2.75, 3.05) is 17.2 Å². The molecule has 0 aliphatic carbocycles. The fourth-order valence-electron chi connectivity index (χ4n) is 1.85. The van der Waals surface area contributed by atoms with Gasteiger partial charge in [0.2, 0.25) is 5.95 Å². The molecule has 0 fully saturated rings. The lowest BCUT2D eigenvalue weighted by Gasteiger charge is -2.15. The van der Waals surface area contributed by atoms with Crippen LogP contribution in [0.2, 0.25) is 0 Å². The number of hydrogen-bond donors (Lipinski definition) is 2. The Morgan fingerprint density at radius 3 is 2.95 bits per heavy atom. The van der Waals surface area contributed by atoms with Gasteiger partial charge in [-0.3, -0.25) is 0 Å². The third kappa shape index (κ3) is 3.71. The van der Waals surface area contributed by atoms with E-state index in [1.54, 1.807) is 6.26 Å². The minimum Gasteiger partial charge on any atom is -0.469 e. The van der Waals surface area contributed by atoms with E-state index in [0.717, 1.165) is 30.1 Å². The highest BCUT2D eigenvalue weighted by molar-refractivity contribution is 5.47. The van der Waals surface area contributed by atoms with Crippen LogP contribution in [0.25, 0.3) is 0 Å². The summed E-state index contributed by atoms with van der Waals surface area (Å²) in [6.45, 7) is 6.94. The third-order valence-corrected chi connectivity index (χ3v) is 2.78. The maximum atomic E-state index is 5.35. The van der Waals surface area contributed by atoms with Gasteiger partial charge in [0.05, 0.1) is 6.26 Å². The van der Waals surface area contributed by atoms with Crippen LogP contribution in [0.4, 0.5) is 11.8 Å². The van der Waals surface area contributed by atoms with Crippen LogP contribution in [0.1, 0.15) is 25.2 Å². The summed E-state index contributed by atoms with van der Waals surface area (Å²) in [5, 5.41) is 6.51. The van der Waals surface area contributed by atoms with Crippen molar-refractivity contribution in [1.82, 2.24) is 9.97 Å². The van der Waals surface area contributed by atoms with Crippen molar-refractivity contribution in [3.05, 3.63) is 35.9 Å². The zero-order chi connectivity index (χ0) is 13.7. The SMILES string of the molecule is CCNc1ncc(C)c(NC(C)Cc2ccco2)n1. The lowest BCUT2D eigenvalue weighted by atomic mass is 10.2. The van der Waals surface area contributed by atoms with Crippen molar-refractivity contribution in [1.29, 1.82) is 0 Å². The van der Waals surface area contributed by atoms with Gasteiger partial charge in [0.1, 0.15) is 11.6 Å². The summed E-state index contributed by atoms with van der Waals surface area (Å²) < 4.78 is 5.35. The second-order valence-electron chi connectivity index (χ2n) is 4.58. The zero-order valence-corrected chi connectivity index (χ0v) is 11.6. The van der Waals surface area contributed by atoms with Crippen molar-refractivity contribution >= 4 is 11.8 Å². The highest BCUT2D eigenvalue weighted by atomic mass is 16.3. The van der Waals surface area contributed by atoms with Gasteiger partial charge in [-0.15, -0.1) is 0 Å². The van der Waals surface area contributed by atoms with Crippen LogP contribution < -0.4 is 10.6 Å². The summed E-state index contributed by atoms with van der Waals surface area (Å²) in [6.07, 6.45) is 4.35. The largest absolute Gasteiger partial charge is 0.469 e. The van der Waals surface area contributed by atoms with Gasteiger partial charge in [0.25, 0.3) is 0 Å². The van der Waals surface area contributed by atoms with E-state index in [0.29, 0.717) is 5.95 Å². The molecule has 0 amide bonds. The van der Waals surface area contributed by atoms with Gasteiger partial charge in [-0.2, -0.15) is 4.98 Å². The summed E-state index contributed by atoms with van der Waals surface area (Å²) in [5.74, 6) is 2.49. The molecule has 2 rings (SSSR count). The predicted octanol–water partition coefficient (Wildman–Crippen LogP) is 2.85. The average Bonchev–Trinajstić information content (AvgIpc) is 2.86. The van der Waals surface area contributed by atoms with Gasteiger partial charge in [-0.1, -0.05) is 0 Å². The first-order chi connectivity index (χ1) is 9.19. The van der Waals surface area contributed by atoms with Gasteiger partial charge in [-0.05, 0) is 32.9 Å². The van der Waals surface area contributed by atoms with Crippen LogP contribution in [-0.2, 0) is 6.42 Å². The standard InChI is InChI=1S/C14H20N4O/c1-4-15-14-16-9-10(2)13(18-14)17-11(3)8-12-6-5-7-19-12/h5-7,9,11H,4,8H2,1-3H3,(H2,15,16,17,18). The molecule has 1 atom stereocenters. The summed E-state index contributed by atoms with van der Waals surface area (Å²) in [7, 11) is 0. The quantitative estimate of drug-likeness (QED) is 0.836. The second-order valence-corrected chi connectivity index (χ2v) is 4.58. The van der Waals surface area contributed by atoms with E-state index >= 15 is 0 Å². The monoisotopic (exact) mass is 260 g/mol. The normalized spacial score (nSPS) is 12.2. The lowest BCUT2D eigenvalue weighted by Crippen LogP contribution is -2.20. The van der Waals surface area contributed by atoms with E-state index in [-0.39, 0.29) is 6.04 Å². The summed E-state index contributed by atoms with van der Waals surface area (Å²) in [6, 6.07) is 4.13. The minimum absolute atomic E-state index is 0.245. The summed E-state index contributed by atoms with van der Waals surface area (Å²) in [4.78, 5) is 8.70. The van der Waals surface area contributed by atoms with E-state index in [4.69, 9.17) is 4.42 Å². The average molecular weight is 260 g/mol. The number of nitrogens with zero attached hydrogens (tertiary/aromatic N) is 2. The van der Waals surface area contributed by atoms with Crippen LogP contribution in [0.3, 0.4) is 0 Å². The molecule has 0 saturated carbocycles. The number of anilines is 2. The van der Waals surface area contributed by atoms with Crippen molar-refractivity contribution < 1.29 is 4.42 Å². The number of furan rings is 1. The van der Waals surface area contributed by atoms with E-state index in [1.807, 2.05) is 32.2 Å². The van der Waals surface area contributed by atoms with Crippen molar-refractivity contribution in [2.24, 2.45) is 0 Å². The Hall–Kier alpha value is -2.04. The molecule has 5 nitrogen and oxygen atoms in total. The summed E-state index contributed by atoms with van der Waals surface area (Å²) >= 11 is 0. The van der Waals surface area contributed by atoms with Crippen molar-refractivity contribution in [2.45, 2.75) is 33.2 Å². The molecular formula is C14H20N4O. The Labute approximate surface area is 113 Å². The minimum atomic E-state index is 0.245. The number of aryl methyl sites for hydroxylation is 1. The van der Waals surface area contributed by atoms with Crippen molar-refractivity contribution in [3.8, 4) is 0 Å². The molecule has 0 saturated heterocycles. The number of nitrogens with one attached hydrogen (secondary N) is 2. The molecule has 1 unspecified atom stereocenters.